The Bertz CT molecular complexity index is 902. The normalized spacial score (nSPS) is 44.0. The van der Waals surface area contributed by atoms with Crippen molar-refractivity contribution in [2.75, 3.05) is 0 Å². The van der Waals surface area contributed by atoms with Gasteiger partial charge in [-0.3, -0.25) is 0 Å². The van der Waals surface area contributed by atoms with Crippen LogP contribution in [0.15, 0.2) is 42.0 Å². The van der Waals surface area contributed by atoms with E-state index in [9.17, 15) is 9.90 Å². The molecule has 0 aliphatic heterocycles. The fourth-order valence-electron chi connectivity index (χ4n) is 8.51. The Balaban J connectivity index is 1.34. The Labute approximate surface area is 193 Å². The Morgan fingerprint density at radius 2 is 1.78 bits per heavy atom. The molecule has 3 heteroatoms. The largest absolute Gasteiger partial charge is 0.459 e. The highest BCUT2D eigenvalue weighted by Gasteiger charge is 2.60. The number of fused-ring (bicyclic) bond motifs is 5. The smallest absolute Gasteiger partial charge is 0.338 e. The maximum atomic E-state index is 12.7. The van der Waals surface area contributed by atoms with E-state index >= 15 is 0 Å². The summed E-state index contributed by atoms with van der Waals surface area (Å²) in [5.41, 5.74) is 2.15. The Kier molecular flexibility index (Phi) is 5.36. The van der Waals surface area contributed by atoms with Gasteiger partial charge < -0.3 is 9.84 Å². The van der Waals surface area contributed by atoms with Crippen LogP contribution in [0.25, 0.3) is 0 Å². The van der Waals surface area contributed by atoms with Gasteiger partial charge in [0, 0.05) is 5.92 Å². The van der Waals surface area contributed by atoms with E-state index in [1.807, 2.05) is 37.3 Å². The minimum atomic E-state index is -0.530. The number of carbonyl (C=O) groups excluding carboxylic acids is 1. The van der Waals surface area contributed by atoms with Crippen LogP contribution in [0.1, 0.15) is 89.4 Å². The van der Waals surface area contributed by atoms with Gasteiger partial charge in [0.25, 0.3) is 0 Å². The predicted octanol–water partition coefficient (Wildman–Crippen LogP) is 6.56. The molecule has 8 atom stereocenters. The van der Waals surface area contributed by atoms with E-state index in [4.69, 9.17) is 4.74 Å². The van der Waals surface area contributed by atoms with E-state index in [-0.39, 0.29) is 22.9 Å². The Morgan fingerprint density at radius 3 is 2.53 bits per heavy atom. The Morgan fingerprint density at radius 1 is 1.03 bits per heavy atom. The van der Waals surface area contributed by atoms with E-state index in [2.05, 4.69) is 26.8 Å². The topological polar surface area (TPSA) is 46.5 Å². The first-order valence-corrected chi connectivity index (χ1v) is 12.8. The average molecular weight is 437 g/mol. The number of ether oxygens (including phenoxy) is 1. The zero-order valence-electron chi connectivity index (χ0n) is 20.3. The zero-order valence-corrected chi connectivity index (χ0v) is 20.3. The molecule has 174 valence electrons. The van der Waals surface area contributed by atoms with E-state index in [1.54, 1.807) is 0 Å². The molecule has 0 aromatic heterocycles. The number of hydrogen-bond donors (Lipinski definition) is 1. The summed E-state index contributed by atoms with van der Waals surface area (Å²) in [5.74, 6) is 2.42. The van der Waals surface area contributed by atoms with Crippen LogP contribution < -0.4 is 0 Å². The number of hydrogen-bond acceptors (Lipinski definition) is 3. The molecule has 1 aromatic rings. The molecule has 1 aromatic carbocycles. The first-order valence-electron chi connectivity index (χ1n) is 12.8. The molecule has 4 unspecified atom stereocenters. The van der Waals surface area contributed by atoms with Crippen molar-refractivity contribution in [2.24, 2.45) is 34.5 Å². The highest BCUT2D eigenvalue weighted by molar-refractivity contribution is 5.89. The average Bonchev–Trinajstić information content (AvgIpc) is 3.12. The highest BCUT2D eigenvalue weighted by atomic mass is 16.5. The maximum Gasteiger partial charge on any atom is 0.338 e. The van der Waals surface area contributed by atoms with Crippen molar-refractivity contribution in [3.05, 3.63) is 47.5 Å². The molecule has 4 aliphatic carbocycles. The molecule has 0 radical (unpaired) electrons. The summed E-state index contributed by atoms with van der Waals surface area (Å²) in [4.78, 5) is 12.7. The third-order valence-electron chi connectivity index (χ3n) is 10.3. The molecular weight excluding hydrogens is 396 g/mol. The van der Waals surface area contributed by atoms with Crippen LogP contribution in [0.2, 0.25) is 0 Å². The minimum Gasteiger partial charge on any atom is -0.459 e. The van der Waals surface area contributed by atoms with Gasteiger partial charge >= 0.3 is 5.97 Å². The summed E-state index contributed by atoms with van der Waals surface area (Å²) in [6.07, 6.45) is 11.4. The molecule has 5 rings (SSSR count). The van der Waals surface area contributed by atoms with Crippen LogP contribution in [0, 0.1) is 34.5 Å². The molecule has 0 saturated heterocycles. The van der Waals surface area contributed by atoms with E-state index in [0.29, 0.717) is 17.4 Å². The van der Waals surface area contributed by atoms with Gasteiger partial charge in [-0.25, -0.2) is 4.79 Å². The van der Waals surface area contributed by atoms with Gasteiger partial charge in [-0.1, -0.05) is 43.7 Å². The maximum absolute atomic E-state index is 12.7. The number of esters is 1. The number of aliphatic hydroxyl groups is 1. The number of carbonyl (C=O) groups is 1. The molecule has 0 amide bonds. The SMILES string of the molecule is CC(OC(=O)c1ccccc1)[C@H]1CCC2C3CC=C4C[C@@](C)(O)CC[C@]4(C)C3CC[C@@]21C. The monoisotopic (exact) mass is 436 g/mol. The van der Waals surface area contributed by atoms with Gasteiger partial charge in [0.2, 0.25) is 0 Å². The van der Waals surface area contributed by atoms with Crippen molar-refractivity contribution in [3.8, 4) is 0 Å². The third kappa shape index (κ3) is 3.47. The highest BCUT2D eigenvalue weighted by Crippen LogP contribution is 2.67. The lowest BCUT2D eigenvalue weighted by Gasteiger charge is -2.59. The molecule has 0 bridgehead atoms. The molecule has 1 N–H and O–H groups in total. The summed E-state index contributed by atoms with van der Waals surface area (Å²) >= 11 is 0. The molecule has 32 heavy (non-hydrogen) atoms. The second kappa shape index (κ2) is 7.72. The van der Waals surface area contributed by atoms with Crippen LogP contribution in [0.3, 0.4) is 0 Å². The first kappa shape index (κ1) is 22.2. The van der Waals surface area contributed by atoms with Gasteiger partial charge in [0.05, 0.1) is 11.2 Å². The summed E-state index contributed by atoms with van der Waals surface area (Å²) in [7, 11) is 0. The van der Waals surface area contributed by atoms with Crippen LogP contribution in [-0.4, -0.2) is 22.8 Å². The van der Waals surface area contributed by atoms with Crippen LogP contribution in [0.4, 0.5) is 0 Å². The van der Waals surface area contributed by atoms with E-state index in [0.717, 1.165) is 43.9 Å². The summed E-state index contributed by atoms with van der Waals surface area (Å²) in [6, 6.07) is 9.40. The van der Waals surface area contributed by atoms with Gasteiger partial charge in [0.15, 0.2) is 0 Å². The number of allylic oxidation sites excluding steroid dienone is 1. The predicted molar refractivity (Wildman–Crippen MR) is 127 cm³/mol. The lowest BCUT2D eigenvalue weighted by molar-refractivity contribution is -0.0804. The molecule has 0 heterocycles. The molecule has 3 saturated carbocycles. The number of rotatable bonds is 3. The van der Waals surface area contributed by atoms with Gasteiger partial charge in [-0.2, -0.15) is 0 Å². The second-order valence-electron chi connectivity index (χ2n) is 12.1. The molecule has 3 nitrogen and oxygen atoms in total. The Hall–Kier alpha value is -1.61. The quantitative estimate of drug-likeness (QED) is 0.431. The van der Waals surface area contributed by atoms with E-state index < -0.39 is 5.60 Å². The van der Waals surface area contributed by atoms with Gasteiger partial charge in [-0.05, 0) is 106 Å². The number of benzene rings is 1. The van der Waals surface area contributed by atoms with Crippen molar-refractivity contribution in [3.63, 3.8) is 0 Å². The zero-order chi connectivity index (χ0) is 22.7. The molecular formula is C29H40O3. The lowest BCUT2D eigenvalue weighted by atomic mass is 9.46. The van der Waals surface area contributed by atoms with Crippen molar-refractivity contribution < 1.29 is 14.6 Å². The molecule has 3 fully saturated rings. The summed E-state index contributed by atoms with van der Waals surface area (Å²) < 4.78 is 6.02. The van der Waals surface area contributed by atoms with Crippen LogP contribution in [-0.2, 0) is 4.74 Å². The summed E-state index contributed by atoms with van der Waals surface area (Å²) in [6.45, 7) is 9.11. The first-order chi connectivity index (χ1) is 15.1. The van der Waals surface area contributed by atoms with Crippen molar-refractivity contribution in [1.82, 2.24) is 0 Å². The van der Waals surface area contributed by atoms with Crippen molar-refractivity contribution in [2.45, 2.75) is 90.8 Å². The fourth-order valence-corrected chi connectivity index (χ4v) is 8.51. The second-order valence-corrected chi connectivity index (χ2v) is 12.1. The van der Waals surface area contributed by atoms with Crippen LogP contribution >= 0.6 is 0 Å². The van der Waals surface area contributed by atoms with Crippen molar-refractivity contribution in [1.29, 1.82) is 0 Å². The van der Waals surface area contributed by atoms with E-state index in [1.165, 1.54) is 24.8 Å². The lowest BCUT2D eigenvalue weighted by Crippen LogP contribution is -2.52. The summed E-state index contributed by atoms with van der Waals surface area (Å²) in [5, 5.41) is 10.7. The molecule has 4 aliphatic rings. The fraction of sp³-hybridized carbons (Fsp3) is 0.690. The van der Waals surface area contributed by atoms with Gasteiger partial charge in [0.1, 0.15) is 6.10 Å². The third-order valence-corrected chi connectivity index (χ3v) is 10.3. The molecule has 0 spiro atoms. The minimum absolute atomic E-state index is 0.0516. The van der Waals surface area contributed by atoms with Gasteiger partial charge in [-0.15, -0.1) is 0 Å². The van der Waals surface area contributed by atoms with Crippen LogP contribution in [0.5, 0.6) is 0 Å². The van der Waals surface area contributed by atoms with Crippen molar-refractivity contribution >= 4 is 5.97 Å². The standard InChI is InChI=1S/C29H40O3/c1-19(32-26(30)20-8-6-5-7-9-20)23-12-13-24-22-11-10-21-18-27(2,31)16-17-28(21,3)25(22)14-15-29(23,24)4/h5-10,19,22-25,31H,11-18H2,1-4H3/t19?,22?,23-,24?,25?,27+,28+,29-/m1/s1.